The summed E-state index contributed by atoms with van der Waals surface area (Å²) in [6, 6.07) is 13.9. The predicted octanol–water partition coefficient (Wildman–Crippen LogP) is 3.01. The van der Waals surface area contributed by atoms with E-state index in [4.69, 9.17) is 0 Å². The number of para-hydroxylation sites is 1. The van der Waals surface area contributed by atoms with Crippen LogP contribution in [0.3, 0.4) is 0 Å². The highest BCUT2D eigenvalue weighted by Crippen LogP contribution is 2.22. The van der Waals surface area contributed by atoms with Gasteiger partial charge in [0.15, 0.2) is 5.65 Å². The zero-order chi connectivity index (χ0) is 18.8. The Bertz CT molecular complexity index is 1210. The van der Waals surface area contributed by atoms with Crippen molar-refractivity contribution in [2.75, 3.05) is 5.32 Å². The van der Waals surface area contributed by atoms with Gasteiger partial charge in [-0.05, 0) is 29.8 Å². The molecule has 28 heavy (non-hydrogen) atoms. The van der Waals surface area contributed by atoms with E-state index in [-0.39, 0.29) is 0 Å². The second kappa shape index (κ2) is 6.92. The van der Waals surface area contributed by atoms with Gasteiger partial charge in [-0.3, -0.25) is 4.57 Å². The fraction of sp³-hybridized carbons (Fsp3) is 0.0500. The Morgan fingerprint density at radius 3 is 2.75 bits per heavy atom. The first kappa shape index (κ1) is 16.1. The van der Waals surface area contributed by atoms with E-state index < -0.39 is 0 Å². The van der Waals surface area contributed by atoms with Crippen molar-refractivity contribution in [2.45, 2.75) is 6.54 Å². The molecule has 0 unspecified atom stereocenters. The van der Waals surface area contributed by atoms with Gasteiger partial charge in [-0.2, -0.15) is 5.10 Å². The molecule has 5 rings (SSSR count). The Kier molecular flexibility index (Phi) is 3.98. The molecule has 0 aliphatic carbocycles. The molecule has 0 aliphatic heterocycles. The first-order chi connectivity index (χ1) is 13.9. The summed E-state index contributed by atoms with van der Waals surface area (Å²) >= 11 is 0. The Morgan fingerprint density at radius 1 is 0.964 bits per heavy atom. The van der Waals surface area contributed by atoms with Gasteiger partial charge >= 0.3 is 0 Å². The lowest BCUT2D eigenvalue weighted by molar-refractivity contribution is 0.895. The van der Waals surface area contributed by atoms with Crippen LogP contribution in [0.4, 0.5) is 5.82 Å². The largest absolute Gasteiger partial charge is 0.365 e. The fourth-order valence-corrected chi connectivity index (χ4v) is 3.04. The minimum absolute atomic E-state index is 0.604. The van der Waals surface area contributed by atoms with Crippen molar-refractivity contribution in [3.05, 3.63) is 85.5 Å². The van der Waals surface area contributed by atoms with Gasteiger partial charge in [0, 0.05) is 25.1 Å². The Morgan fingerprint density at radius 2 is 1.89 bits per heavy atom. The molecule has 0 saturated heterocycles. The summed E-state index contributed by atoms with van der Waals surface area (Å²) in [7, 11) is 0. The molecule has 0 radical (unpaired) electrons. The van der Waals surface area contributed by atoms with E-state index >= 15 is 0 Å². The minimum atomic E-state index is 0.604. The molecule has 4 aromatic heterocycles. The highest BCUT2D eigenvalue weighted by molar-refractivity contribution is 5.87. The van der Waals surface area contributed by atoms with Crippen LogP contribution in [0.25, 0.3) is 22.5 Å². The third-order valence-electron chi connectivity index (χ3n) is 4.41. The summed E-state index contributed by atoms with van der Waals surface area (Å²) in [5.74, 6) is 1.56. The second-order valence-corrected chi connectivity index (χ2v) is 6.20. The molecular formula is C20H16N8. The third kappa shape index (κ3) is 2.96. The number of benzene rings is 1. The summed E-state index contributed by atoms with van der Waals surface area (Å²) in [5, 5.41) is 8.74. The van der Waals surface area contributed by atoms with E-state index in [9.17, 15) is 0 Å². The number of nitrogens with zero attached hydrogens (tertiary/aromatic N) is 7. The van der Waals surface area contributed by atoms with E-state index in [0.29, 0.717) is 6.54 Å². The number of imidazole rings is 1. The summed E-state index contributed by atoms with van der Waals surface area (Å²) in [5.41, 5.74) is 2.81. The molecule has 8 nitrogen and oxygen atoms in total. The van der Waals surface area contributed by atoms with Crippen molar-refractivity contribution in [3.63, 3.8) is 0 Å². The standard InChI is InChI=1S/C20H16N8/c1-2-4-16(5-3-1)28-20-17(12-26-28)19(24-13-25-20)23-11-15-6-7-22-18(10-15)27-9-8-21-14-27/h1-10,12-14H,11H2,(H,23,24,25). The quantitative estimate of drug-likeness (QED) is 0.513. The average Bonchev–Trinajstić information content (AvgIpc) is 3.43. The van der Waals surface area contributed by atoms with Gasteiger partial charge in [0.2, 0.25) is 0 Å². The van der Waals surface area contributed by atoms with Crippen LogP contribution < -0.4 is 5.32 Å². The van der Waals surface area contributed by atoms with E-state index in [1.165, 1.54) is 0 Å². The molecule has 0 atom stereocenters. The maximum atomic E-state index is 4.48. The molecule has 5 aromatic rings. The Labute approximate surface area is 160 Å². The van der Waals surface area contributed by atoms with Crippen LogP contribution in [0.5, 0.6) is 0 Å². The number of rotatable bonds is 5. The average molecular weight is 368 g/mol. The smallest absolute Gasteiger partial charge is 0.168 e. The zero-order valence-corrected chi connectivity index (χ0v) is 14.8. The number of hydrogen-bond acceptors (Lipinski definition) is 6. The lowest BCUT2D eigenvalue weighted by Crippen LogP contribution is -2.04. The van der Waals surface area contributed by atoms with E-state index in [2.05, 4.69) is 30.4 Å². The summed E-state index contributed by atoms with van der Waals surface area (Å²) in [6.07, 6.45) is 10.4. The third-order valence-corrected chi connectivity index (χ3v) is 4.41. The summed E-state index contributed by atoms with van der Waals surface area (Å²) < 4.78 is 3.68. The lowest BCUT2D eigenvalue weighted by atomic mass is 10.2. The maximum absolute atomic E-state index is 4.48. The van der Waals surface area contributed by atoms with Crippen LogP contribution in [0.2, 0.25) is 0 Å². The number of anilines is 1. The highest BCUT2D eigenvalue weighted by atomic mass is 15.3. The van der Waals surface area contributed by atoms with Crippen LogP contribution >= 0.6 is 0 Å². The molecule has 0 aliphatic rings. The van der Waals surface area contributed by atoms with Gasteiger partial charge in [0.1, 0.15) is 24.3 Å². The Hall–Kier alpha value is -4.07. The normalized spacial score (nSPS) is 11.0. The van der Waals surface area contributed by atoms with E-state index in [1.54, 1.807) is 31.2 Å². The molecule has 1 N–H and O–H groups in total. The molecular weight excluding hydrogens is 352 g/mol. The predicted molar refractivity (Wildman–Crippen MR) is 105 cm³/mol. The summed E-state index contributed by atoms with van der Waals surface area (Å²) in [6.45, 7) is 0.604. The first-order valence-electron chi connectivity index (χ1n) is 8.80. The molecule has 0 saturated carbocycles. The van der Waals surface area contributed by atoms with Crippen molar-refractivity contribution in [1.29, 1.82) is 0 Å². The summed E-state index contributed by atoms with van der Waals surface area (Å²) in [4.78, 5) is 17.2. The number of hydrogen-bond donors (Lipinski definition) is 1. The molecule has 136 valence electrons. The van der Waals surface area contributed by atoms with Crippen molar-refractivity contribution in [1.82, 2.24) is 34.3 Å². The second-order valence-electron chi connectivity index (χ2n) is 6.20. The van der Waals surface area contributed by atoms with Gasteiger partial charge in [0.25, 0.3) is 0 Å². The van der Waals surface area contributed by atoms with Crippen LogP contribution in [-0.2, 0) is 6.54 Å². The van der Waals surface area contributed by atoms with Crippen molar-refractivity contribution < 1.29 is 0 Å². The van der Waals surface area contributed by atoms with E-state index in [1.807, 2.05) is 57.9 Å². The monoisotopic (exact) mass is 368 g/mol. The lowest BCUT2D eigenvalue weighted by Gasteiger charge is -2.08. The number of fused-ring (bicyclic) bond motifs is 1. The van der Waals surface area contributed by atoms with Gasteiger partial charge in [-0.25, -0.2) is 24.6 Å². The molecule has 8 heteroatoms. The van der Waals surface area contributed by atoms with Gasteiger partial charge in [-0.1, -0.05) is 18.2 Å². The van der Waals surface area contributed by atoms with Crippen LogP contribution in [0, 0.1) is 0 Å². The van der Waals surface area contributed by atoms with E-state index in [0.717, 1.165) is 33.9 Å². The van der Waals surface area contributed by atoms with Gasteiger partial charge < -0.3 is 5.32 Å². The number of nitrogens with one attached hydrogen (secondary N) is 1. The molecule has 1 aromatic carbocycles. The first-order valence-corrected chi connectivity index (χ1v) is 8.80. The van der Waals surface area contributed by atoms with Crippen molar-refractivity contribution in [2.24, 2.45) is 0 Å². The molecule has 4 heterocycles. The molecule has 0 fully saturated rings. The number of aromatic nitrogens is 7. The van der Waals surface area contributed by atoms with Crippen LogP contribution in [0.1, 0.15) is 5.56 Å². The van der Waals surface area contributed by atoms with Crippen LogP contribution in [-0.4, -0.2) is 34.3 Å². The molecule has 0 spiro atoms. The van der Waals surface area contributed by atoms with Crippen molar-refractivity contribution in [3.8, 4) is 11.5 Å². The van der Waals surface area contributed by atoms with Crippen molar-refractivity contribution >= 4 is 16.9 Å². The van der Waals surface area contributed by atoms with Gasteiger partial charge in [0.05, 0.1) is 17.3 Å². The molecule has 0 amide bonds. The van der Waals surface area contributed by atoms with Crippen LogP contribution in [0.15, 0.2) is 79.9 Å². The maximum Gasteiger partial charge on any atom is 0.168 e. The zero-order valence-electron chi connectivity index (χ0n) is 14.8. The molecule has 0 bridgehead atoms. The fourth-order valence-electron chi connectivity index (χ4n) is 3.04. The SMILES string of the molecule is c1ccc(-n2ncc3c(NCc4ccnc(-n5ccnc5)c4)ncnc32)cc1. The topological polar surface area (TPSA) is 86.3 Å². The highest BCUT2D eigenvalue weighted by Gasteiger charge is 2.11. The number of pyridine rings is 1. The minimum Gasteiger partial charge on any atom is -0.365 e. The Balaban J connectivity index is 1.42. The van der Waals surface area contributed by atoms with Gasteiger partial charge in [-0.15, -0.1) is 0 Å².